The van der Waals surface area contributed by atoms with Crippen molar-refractivity contribution < 1.29 is 0 Å². The number of pyridine rings is 1. The van der Waals surface area contributed by atoms with Gasteiger partial charge >= 0.3 is 0 Å². The van der Waals surface area contributed by atoms with Crippen LogP contribution in [0.15, 0.2) is 17.2 Å². The van der Waals surface area contributed by atoms with Gasteiger partial charge in [-0.3, -0.25) is 4.98 Å². The molecule has 0 saturated heterocycles. The second-order valence-electron chi connectivity index (χ2n) is 2.29. The molecule has 2 bridgehead atoms. The third-order valence-corrected chi connectivity index (χ3v) is 1.63. The van der Waals surface area contributed by atoms with Crippen molar-refractivity contribution in [3.63, 3.8) is 0 Å². The van der Waals surface area contributed by atoms with E-state index in [1.807, 2.05) is 12.1 Å². The Morgan fingerprint density at radius 3 is 2.90 bits per heavy atom. The fraction of sp³-hybridized carbons (Fsp3) is 0.143. The van der Waals surface area contributed by atoms with Crippen LogP contribution in [-0.2, 0) is 6.42 Å². The highest BCUT2D eigenvalue weighted by Crippen LogP contribution is 2.18. The van der Waals surface area contributed by atoms with Crippen LogP contribution in [0.2, 0.25) is 0 Å². The minimum absolute atomic E-state index is 0.984. The Labute approximate surface area is 58.6 Å². The van der Waals surface area contributed by atoms with Crippen LogP contribution in [0.3, 0.4) is 0 Å². The second-order valence-corrected chi connectivity index (χ2v) is 2.29. The molecule has 2 N–H and O–H groups in total. The molecule has 2 aliphatic rings. The first kappa shape index (κ1) is 5.41. The highest BCUT2D eigenvalue weighted by molar-refractivity contribution is 5.81. The average Bonchev–Trinajstić information content (AvgIpc) is 1.87. The third-order valence-electron chi connectivity index (χ3n) is 1.63. The van der Waals surface area contributed by atoms with Gasteiger partial charge in [-0.1, -0.05) is 0 Å². The van der Waals surface area contributed by atoms with Crippen LogP contribution in [0.1, 0.15) is 17.0 Å². The average molecular weight is 133 g/mol. The molecule has 0 spiro atoms. The monoisotopic (exact) mass is 133 g/mol. The highest BCUT2D eigenvalue weighted by atomic mass is 15.1. The van der Waals surface area contributed by atoms with Gasteiger partial charge in [-0.25, -0.2) is 0 Å². The van der Waals surface area contributed by atoms with E-state index in [9.17, 15) is 0 Å². The van der Waals surface area contributed by atoms with Gasteiger partial charge in [0.1, 0.15) is 0 Å². The third kappa shape index (κ3) is 0.603. The SMILES string of the molecule is N/N=C\c1ccc2nc1C2. The van der Waals surface area contributed by atoms with E-state index < -0.39 is 0 Å². The zero-order chi connectivity index (χ0) is 6.97. The molecule has 10 heavy (non-hydrogen) atoms. The van der Waals surface area contributed by atoms with E-state index in [2.05, 4.69) is 10.1 Å². The summed E-state index contributed by atoms with van der Waals surface area (Å²) in [7, 11) is 0. The maximum atomic E-state index is 4.99. The molecular formula is C7H7N3. The Balaban J connectivity index is 2.46. The van der Waals surface area contributed by atoms with E-state index in [0.29, 0.717) is 0 Å². The number of rotatable bonds is 1. The van der Waals surface area contributed by atoms with E-state index in [-0.39, 0.29) is 0 Å². The van der Waals surface area contributed by atoms with Crippen molar-refractivity contribution in [2.24, 2.45) is 10.9 Å². The fourth-order valence-electron chi connectivity index (χ4n) is 1.08. The number of fused-ring (bicyclic) bond motifs is 2. The number of nitrogens with two attached hydrogens (primary N) is 1. The van der Waals surface area contributed by atoms with Gasteiger partial charge in [-0.2, -0.15) is 5.10 Å². The van der Waals surface area contributed by atoms with Crippen molar-refractivity contribution in [2.75, 3.05) is 0 Å². The summed E-state index contributed by atoms with van der Waals surface area (Å²) in [6.07, 6.45) is 2.61. The first-order valence-corrected chi connectivity index (χ1v) is 3.12. The van der Waals surface area contributed by atoms with Crippen LogP contribution in [-0.4, -0.2) is 11.2 Å². The van der Waals surface area contributed by atoms with Crippen LogP contribution in [0.25, 0.3) is 0 Å². The van der Waals surface area contributed by atoms with E-state index in [1.54, 1.807) is 6.21 Å². The van der Waals surface area contributed by atoms with Gasteiger partial charge in [0.25, 0.3) is 0 Å². The summed E-state index contributed by atoms with van der Waals surface area (Å²) in [6.45, 7) is 0. The number of hydrazone groups is 1. The Hall–Kier alpha value is -1.38. The molecule has 0 aromatic carbocycles. The van der Waals surface area contributed by atoms with Gasteiger partial charge in [-0.05, 0) is 12.1 Å². The molecule has 3 heteroatoms. The lowest BCUT2D eigenvalue weighted by atomic mass is 10.0. The molecule has 0 amide bonds. The van der Waals surface area contributed by atoms with Gasteiger partial charge in [-0.15, -0.1) is 0 Å². The predicted molar refractivity (Wildman–Crippen MR) is 38.8 cm³/mol. The molecule has 50 valence electrons. The first-order valence-electron chi connectivity index (χ1n) is 3.12. The van der Waals surface area contributed by atoms with Crippen molar-refractivity contribution >= 4 is 6.21 Å². The molecule has 1 aromatic rings. The van der Waals surface area contributed by atoms with Crippen LogP contribution in [0, 0.1) is 0 Å². The predicted octanol–water partition coefficient (Wildman–Crippen LogP) is 0.278. The lowest BCUT2D eigenvalue weighted by Crippen LogP contribution is -2.11. The molecule has 0 radical (unpaired) electrons. The Bertz CT molecular complexity index is 287. The first-order chi connectivity index (χ1) is 4.90. The number of nitrogens with zero attached hydrogens (tertiary/aromatic N) is 2. The van der Waals surface area contributed by atoms with E-state index in [0.717, 1.165) is 23.4 Å². The van der Waals surface area contributed by atoms with Gasteiger partial charge in [0.15, 0.2) is 0 Å². The van der Waals surface area contributed by atoms with Crippen molar-refractivity contribution in [3.8, 4) is 0 Å². The van der Waals surface area contributed by atoms with Crippen LogP contribution in [0.4, 0.5) is 0 Å². The highest BCUT2D eigenvalue weighted by Gasteiger charge is 2.13. The summed E-state index contributed by atoms with van der Waals surface area (Å²) in [6, 6.07) is 3.97. The number of hydrogen-bond donors (Lipinski definition) is 1. The molecule has 0 saturated carbocycles. The molecule has 0 atom stereocenters. The van der Waals surface area contributed by atoms with Gasteiger partial charge in [0.2, 0.25) is 0 Å². The Morgan fingerprint density at radius 2 is 2.40 bits per heavy atom. The molecule has 0 fully saturated rings. The maximum absolute atomic E-state index is 4.99. The van der Waals surface area contributed by atoms with E-state index in [4.69, 9.17) is 5.84 Å². The molecule has 3 rings (SSSR count). The molecule has 1 aliphatic carbocycles. The Kier molecular flexibility index (Phi) is 0.974. The van der Waals surface area contributed by atoms with Crippen LogP contribution >= 0.6 is 0 Å². The summed E-state index contributed by atoms with van der Waals surface area (Å²) in [5, 5.41) is 3.43. The summed E-state index contributed by atoms with van der Waals surface area (Å²) >= 11 is 0. The van der Waals surface area contributed by atoms with Crippen LogP contribution in [0.5, 0.6) is 0 Å². The van der Waals surface area contributed by atoms with Crippen LogP contribution < -0.4 is 5.84 Å². The smallest absolute Gasteiger partial charge is 0.0556 e. The van der Waals surface area contributed by atoms with Gasteiger partial charge in [0, 0.05) is 17.7 Å². The zero-order valence-electron chi connectivity index (χ0n) is 5.41. The lowest BCUT2D eigenvalue weighted by molar-refractivity contribution is 0.888. The Morgan fingerprint density at radius 1 is 1.60 bits per heavy atom. The molecule has 1 aliphatic heterocycles. The zero-order valence-corrected chi connectivity index (χ0v) is 5.41. The van der Waals surface area contributed by atoms with E-state index >= 15 is 0 Å². The summed E-state index contributed by atoms with van der Waals surface area (Å²) in [5.41, 5.74) is 3.30. The summed E-state index contributed by atoms with van der Waals surface area (Å²) in [4.78, 5) is 4.19. The fourth-order valence-corrected chi connectivity index (χ4v) is 1.08. The second kappa shape index (κ2) is 1.80. The largest absolute Gasteiger partial charge is 0.323 e. The molecule has 0 unspecified atom stereocenters. The minimum atomic E-state index is 0.984. The summed E-state index contributed by atoms with van der Waals surface area (Å²) < 4.78 is 0. The standard InChI is InChI=1S/C7H7N3/c8-9-4-5-1-2-6-3-7(5)10-6/h1-2,4H,3,8H2/b9-4-. The summed E-state index contributed by atoms with van der Waals surface area (Å²) in [5.74, 6) is 4.99. The maximum Gasteiger partial charge on any atom is 0.0556 e. The normalized spacial score (nSPS) is 13.6. The van der Waals surface area contributed by atoms with Crippen molar-refractivity contribution in [3.05, 3.63) is 29.1 Å². The number of aromatic nitrogens is 1. The van der Waals surface area contributed by atoms with Gasteiger partial charge < -0.3 is 5.84 Å². The topological polar surface area (TPSA) is 51.3 Å². The van der Waals surface area contributed by atoms with Crippen molar-refractivity contribution in [1.29, 1.82) is 0 Å². The lowest BCUT2D eigenvalue weighted by Gasteiger charge is -2.14. The van der Waals surface area contributed by atoms with Crippen molar-refractivity contribution in [2.45, 2.75) is 6.42 Å². The number of hydrogen-bond acceptors (Lipinski definition) is 3. The van der Waals surface area contributed by atoms with Gasteiger partial charge in [0.05, 0.1) is 11.9 Å². The molecular weight excluding hydrogens is 126 g/mol. The molecule has 1 aromatic heterocycles. The minimum Gasteiger partial charge on any atom is -0.323 e. The van der Waals surface area contributed by atoms with Crippen molar-refractivity contribution in [1.82, 2.24) is 4.98 Å². The quantitative estimate of drug-likeness (QED) is 0.345. The molecule has 3 nitrogen and oxygen atoms in total. The molecule has 2 heterocycles. The van der Waals surface area contributed by atoms with E-state index in [1.165, 1.54) is 0 Å².